The van der Waals surface area contributed by atoms with Crippen LogP contribution in [0.1, 0.15) is 51.3 Å². The van der Waals surface area contributed by atoms with Crippen LogP contribution >= 0.6 is 0 Å². The van der Waals surface area contributed by atoms with E-state index in [0.717, 1.165) is 26.1 Å². The van der Waals surface area contributed by atoms with Crippen molar-refractivity contribution in [1.82, 2.24) is 9.80 Å². The van der Waals surface area contributed by atoms with Crippen LogP contribution in [0.3, 0.4) is 0 Å². The Morgan fingerprint density at radius 3 is 2.48 bits per heavy atom. The first-order valence-electron chi connectivity index (χ1n) is 10.1. The number of terminal acetylenes is 1. The SMILES string of the molecule is C#C/C=C(\C=C/CC)C(c1ccc(C)cc1)N1CCN(C)C(C(C)(C)C)C1. The molecule has 2 atom stereocenters. The number of hydrogen-bond acceptors (Lipinski definition) is 2. The molecule has 1 fully saturated rings. The van der Waals surface area contributed by atoms with Crippen LogP contribution in [0, 0.1) is 24.7 Å². The maximum Gasteiger partial charge on any atom is 0.0608 e. The number of allylic oxidation sites excluding steroid dienone is 2. The van der Waals surface area contributed by atoms with Crippen molar-refractivity contribution in [2.24, 2.45) is 5.41 Å². The highest BCUT2D eigenvalue weighted by Gasteiger charge is 2.36. The highest BCUT2D eigenvalue weighted by molar-refractivity contribution is 5.39. The van der Waals surface area contributed by atoms with Crippen molar-refractivity contribution in [3.8, 4) is 12.3 Å². The number of hydrogen-bond donors (Lipinski definition) is 0. The van der Waals surface area contributed by atoms with E-state index in [2.05, 4.69) is 93.8 Å². The van der Waals surface area contributed by atoms with E-state index in [4.69, 9.17) is 6.42 Å². The monoisotopic (exact) mass is 364 g/mol. The molecule has 2 rings (SSSR count). The summed E-state index contributed by atoms with van der Waals surface area (Å²) in [6.45, 7) is 14.5. The van der Waals surface area contributed by atoms with Gasteiger partial charge in [-0.05, 0) is 43.0 Å². The van der Waals surface area contributed by atoms with Crippen LogP contribution in [0.25, 0.3) is 0 Å². The molecule has 1 saturated heterocycles. The molecule has 1 aromatic carbocycles. The lowest BCUT2D eigenvalue weighted by Crippen LogP contribution is -2.57. The van der Waals surface area contributed by atoms with Crippen molar-refractivity contribution < 1.29 is 0 Å². The van der Waals surface area contributed by atoms with Crippen LogP contribution in [-0.2, 0) is 0 Å². The fourth-order valence-corrected chi connectivity index (χ4v) is 4.00. The van der Waals surface area contributed by atoms with Gasteiger partial charge in [0, 0.05) is 25.7 Å². The maximum atomic E-state index is 5.70. The molecule has 1 aliphatic heterocycles. The molecule has 2 nitrogen and oxygen atoms in total. The van der Waals surface area contributed by atoms with E-state index in [-0.39, 0.29) is 11.5 Å². The van der Waals surface area contributed by atoms with E-state index in [0.29, 0.717) is 6.04 Å². The van der Waals surface area contributed by atoms with Crippen molar-refractivity contribution in [2.75, 3.05) is 26.7 Å². The third-order valence-electron chi connectivity index (χ3n) is 5.55. The number of aryl methyl sites for hydroxylation is 1. The third kappa shape index (κ3) is 5.58. The fraction of sp³-hybridized carbons (Fsp3) is 0.520. The number of benzene rings is 1. The van der Waals surface area contributed by atoms with Gasteiger partial charge in [-0.2, -0.15) is 0 Å². The summed E-state index contributed by atoms with van der Waals surface area (Å²) < 4.78 is 0. The van der Waals surface area contributed by atoms with Gasteiger partial charge < -0.3 is 4.90 Å². The van der Waals surface area contributed by atoms with Crippen molar-refractivity contribution >= 4 is 0 Å². The molecule has 0 amide bonds. The normalized spacial score (nSPS) is 21.4. The summed E-state index contributed by atoms with van der Waals surface area (Å²) in [6.07, 6.45) is 13.1. The van der Waals surface area contributed by atoms with Crippen LogP contribution in [0.15, 0.2) is 48.1 Å². The minimum atomic E-state index is 0.197. The molecule has 0 spiro atoms. The Kier molecular flexibility index (Phi) is 7.48. The summed E-state index contributed by atoms with van der Waals surface area (Å²) in [5, 5.41) is 0. The molecule has 27 heavy (non-hydrogen) atoms. The molecule has 0 saturated carbocycles. The van der Waals surface area contributed by atoms with Crippen LogP contribution in [0.4, 0.5) is 0 Å². The number of likely N-dealkylation sites (N-methyl/N-ethyl adjacent to an activating group) is 1. The van der Waals surface area contributed by atoms with E-state index in [9.17, 15) is 0 Å². The van der Waals surface area contributed by atoms with Gasteiger partial charge in [0.25, 0.3) is 0 Å². The molecule has 0 N–H and O–H groups in total. The second-order valence-electron chi connectivity index (χ2n) is 8.79. The Balaban J connectivity index is 2.45. The van der Waals surface area contributed by atoms with Gasteiger partial charge in [-0.25, -0.2) is 0 Å². The molecule has 1 heterocycles. The zero-order valence-electron chi connectivity index (χ0n) is 18.0. The van der Waals surface area contributed by atoms with Crippen LogP contribution in [0.2, 0.25) is 0 Å². The van der Waals surface area contributed by atoms with E-state index >= 15 is 0 Å². The van der Waals surface area contributed by atoms with Gasteiger partial charge >= 0.3 is 0 Å². The lowest BCUT2D eigenvalue weighted by atomic mass is 9.83. The zero-order valence-corrected chi connectivity index (χ0v) is 18.0. The first kappa shape index (κ1) is 21.5. The topological polar surface area (TPSA) is 6.48 Å². The van der Waals surface area contributed by atoms with Gasteiger partial charge in [0.2, 0.25) is 0 Å². The van der Waals surface area contributed by atoms with Gasteiger partial charge in [-0.1, -0.05) is 75.6 Å². The molecule has 0 bridgehead atoms. The number of piperazine rings is 1. The quantitative estimate of drug-likeness (QED) is 0.522. The van der Waals surface area contributed by atoms with Crippen LogP contribution in [-0.4, -0.2) is 42.5 Å². The third-order valence-corrected chi connectivity index (χ3v) is 5.55. The average Bonchev–Trinajstić information content (AvgIpc) is 2.61. The number of nitrogens with zero attached hydrogens (tertiary/aromatic N) is 2. The second kappa shape index (κ2) is 9.40. The molecule has 2 heteroatoms. The minimum absolute atomic E-state index is 0.197. The Bertz CT molecular complexity index is 697. The lowest BCUT2D eigenvalue weighted by molar-refractivity contribution is 0.0204. The van der Waals surface area contributed by atoms with E-state index in [1.807, 2.05) is 6.08 Å². The summed E-state index contributed by atoms with van der Waals surface area (Å²) >= 11 is 0. The molecule has 0 aliphatic carbocycles. The van der Waals surface area contributed by atoms with E-state index < -0.39 is 0 Å². The molecule has 1 aliphatic rings. The molecular weight excluding hydrogens is 328 g/mol. The predicted molar refractivity (Wildman–Crippen MR) is 118 cm³/mol. The van der Waals surface area contributed by atoms with Crippen molar-refractivity contribution in [3.05, 3.63) is 59.2 Å². The van der Waals surface area contributed by atoms with E-state index in [1.165, 1.54) is 16.7 Å². The van der Waals surface area contributed by atoms with Gasteiger partial charge in [-0.15, -0.1) is 6.42 Å². The van der Waals surface area contributed by atoms with Gasteiger partial charge in [0.05, 0.1) is 6.04 Å². The number of rotatable bonds is 5. The van der Waals surface area contributed by atoms with Crippen molar-refractivity contribution in [2.45, 2.75) is 53.1 Å². The molecule has 1 aromatic rings. The first-order chi connectivity index (χ1) is 12.8. The molecular formula is C25H36N2. The van der Waals surface area contributed by atoms with Crippen LogP contribution in [0.5, 0.6) is 0 Å². The maximum absolute atomic E-state index is 5.70. The Morgan fingerprint density at radius 1 is 1.26 bits per heavy atom. The molecule has 146 valence electrons. The van der Waals surface area contributed by atoms with Gasteiger partial charge in [0.1, 0.15) is 0 Å². The standard InChI is InChI=1S/C25H36N2/c1-8-10-12-21(11-9-2)24(22-15-13-20(3)14-16-22)27-18-17-26(7)23(19-27)25(4,5)6/h2,10-16,23-24H,8,17-19H2,1,3-7H3/b12-10-,21-11+. The Labute approximate surface area is 166 Å². The molecule has 0 radical (unpaired) electrons. The van der Waals surface area contributed by atoms with E-state index in [1.54, 1.807) is 0 Å². The summed E-state index contributed by atoms with van der Waals surface area (Å²) in [5.74, 6) is 2.78. The smallest absolute Gasteiger partial charge is 0.0608 e. The summed E-state index contributed by atoms with van der Waals surface area (Å²) in [6, 6.07) is 9.64. The second-order valence-corrected chi connectivity index (χ2v) is 8.79. The average molecular weight is 365 g/mol. The molecule has 0 aromatic heterocycles. The minimum Gasteiger partial charge on any atom is -0.300 e. The van der Waals surface area contributed by atoms with Crippen molar-refractivity contribution in [1.29, 1.82) is 0 Å². The Hall–Kier alpha value is -1.82. The summed E-state index contributed by atoms with van der Waals surface area (Å²) in [4.78, 5) is 5.12. The van der Waals surface area contributed by atoms with Crippen LogP contribution < -0.4 is 0 Å². The predicted octanol–water partition coefficient (Wildman–Crippen LogP) is 5.22. The Morgan fingerprint density at radius 2 is 1.93 bits per heavy atom. The van der Waals surface area contributed by atoms with Gasteiger partial charge in [0.15, 0.2) is 0 Å². The van der Waals surface area contributed by atoms with Crippen molar-refractivity contribution in [3.63, 3.8) is 0 Å². The fourth-order valence-electron chi connectivity index (χ4n) is 4.00. The summed E-state index contributed by atoms with van der Waals surface area (Å²) in [5.41, 5.74) is 4.05. The highest BCUT2D eigenvalue weighted by atomic mass is 15.3. The first-order valence-corrected chi connectivity index (χ1v) is 10.1. The highest BCUT2D eigenvalue weighted by Crippen LogP contribution is 2.35. The summed E-state index contributed by atoms with van der Waals surface area (Å²) in [7, 11) is 2.25. The lowest BCUT2D eigenvalue weighted by Gasteiger charge is -2.48. The largest absolute Gasteiger partial charge is 0.300 e. The molecule has 2 unspecified atom stereocenters. The van der Waals surface area contributed by atoms with Gasteiger partial charge in [-0.3, -0.25) is 4.90 Å². The zero-order chi connectivity index (χ0) is 20.0.